The van der Waals surface area contributed by atoms with Gasteiger partial charge in [-0.1, -0.05) is 0 Å². The maximum absolute atomic E-state index is 13.0. The third kappa shape index (κ3) is 3.17. The van der Waals surface area contributed by atoms with Crippen LogP contribution in [0.1, 0.15) is 20.7 Å². The maximum Gasteiger partial charge on any atom is 0.335 e. The van der Waals surface area contributed by atoms with E-state index < -0.39 is 23.5 Å². The van der Waals surface area contributed by atoms with Gasteiger partial charge < -0.3 is 10.4 Å². The van der Waals surface area contributed by atoms with Crippen molar-refractivity contribution < 1.29 is 23.5 Å². The van der Waals surface area contributed by atoms with Gasteiger partial charge in [0.2, 0.25) is 0 Å². The molecule has 0 heterocycles. The summed E-state index contributed by atoms with van der Waals surface area (Å²) in [6.07, 6.45) is 0. The van der Waals surface area contributed by atoms with Gasteiger partial charge in [0.15, 0.2) is 0 Å². The first kappa shape index (κ1) is 13.7. The van der Waals surface area contributed by atoms with Gasteiger partial charge in [-0.05, 0) is 36.4 Å². The van der Waals surface area contributed by atoms with E-state index in [1.807, 2.05) is 0 Å². The number of carboxylic acids is 1. The Kier molecular flexibility index (Phi) is 3.74. The second-order valence-corrected chi connectivity index (χ2v) is 3.99. The second kappa shape index (κ2) is 5.48. The highest BCUT2D eigenvalue weighted by molar-refractivity contribution is 6.04. The van der Waals surface area contributed by atoms with Crippen molar-refractivity contribution in [2.75, 3.05) is 5.32 Å². The molecule has 0 unspecified atom stereocenters. The fourth-order valence-corrected chi connectivity index (χ4v) is 1.58. The average Bonchev–Trinajstić information content (AvgIpc) is 2.38. The van der Waals surface area contributed by atoms with Gasteiger partial charge in [0, 0.05) is 17.3 Å². The number of nitrogens with one attached hydrogen (secondary N) is 1. The molecule has 0 radical (unpaired) electrons. The minimum Gasteiger partial charge on any atom is -0.478 e. The fourth-order valence-electron chi connectivity index (χ4n) is 1.58. The molecule has 20 heavy (non-hydrogen) atoms. The molecule has 0 atom stereocenters. The zero-order valence-corrected chi connectivity index (χ0v) is 10.1. The number of halogens is 2. The molecule has 2 N–H and O–H groups in total. The van der Waals surface area contributed by atoms with E-state index in [9.17, 15) is 18.4 Å². The smallest absolute Gasteiger partial charge is 0.335 e. The lowest BCUT2D eigenvalue weighted by Crippen LogP contribution is -2.12. The van der Waals surface area contributed by atoms with Gasteiger partial charge in [0.1, 0.15) is 11.6 Å². The van der Waals surface area contributed by atoms with Gasteiger partial charge in [-0.15, -0.1) is 0 Å². The number of aromatic carboxylic acids is 1. The first-order valence-electron chi connectivity index (χ1n) is 5.56. The van der Waals surface area contributed by atoms with E-state index in [1.54, 1.807) is 0 Å². The molecule has 0 aliphatic rings. The van der Waals surface area contributed by atoms with E-state index in [2.05, 4.69) is 5.32 Å². The zero-order chi connectivity index (χ0) is 14.7. The summed E-state index contributed by atoms with van der Waals surface area (Å²) >= 11 is 0. The van der Waals surface area contributed by atoms with Crippen molar-refractivity contribution in [3.8, 4) is 0 Å². The van der Waals surface area contributed by atoms with Gasteiger partial charge >= 0.3 is 5.97 Å². The van der Waals surface area contributed by atoms with E-state index in [0.29, 0.717) is 11.8 Å². The molecular weight excluding hydrogens is 268 g/mol. The molecule has 0 saturated heterocycles. The van der Waals surface area contributed by atoms with Crippen molar-refractivity contribution in [1.82, 2.24) is 0 Å². The summed E-state index contributed by atoms with van der Waals surface area (Å²) in [5.74, 6) is -3.48. The molecule has 0 aliphatic carbocycles. The van der Waals surface area contributed by atoms with Crippen molar-refractivity contribution in [3.05, 3.63) is 65.2 Å². The molecule has 0 aliphatic heterocycles. The third-order valence-corrected chi connectivity index (χ3v) is 2.51. The maximum atomic E-state index is 13.0. The van der Waals surface area contributed by atoms with Crippen molar-refractivity contribution in [1.29, 1.82) is 0 Å². The minimum absolute atomic E-state index is 0.0693. The van der Waals surface area contributed by atoms with Gasteiger partial charge in [0.25, 0.3) is 5.91 Å². The molecule has 0 aromatic heterocycles. The van der Waals surface area contributed by atoms with Gasteiger partial charge in [-0.2, -0.15) is 0 Å². The summed E-state index contributed by atoms with van der Waals surface area (Å²) in [4.78, 5) is 22.4. The van der Waals surface area contributed by atoms with Gasteiger partial charge in [-0.3, -0.25) is 4.79 Å². The van der Waals surface area contributed by atoms with E-state index in [0.717, 1.165) is 12.1 Å². The van der Waals surface area contributed by atoms with Crippen molar-refractivity contribution in [2.24, 2.45) is 0 Å². The lowest BCUT2D eigenvalue weighted by Gasteiger charge is -2.06. The van der Waals surface area contributed by atoms with Crippen LogP contribution in [0.3, 0.4) is 0 Å². The lowest BCUT2D eigenvalue weighted by atomic mass is 10.1. The predicted octanol–water partition coefficient (Wildman–Crippen LogP) is 2.92. The van der Waals surface area contributed by atoms with Crippen molar-refractivity contribution in [3.63, 3.8) is 0 Å². The van der Waals surface area contributed by atoms with Gasteiger partial charge in [0.05, 0.1) is 5.56 Å². The molecule has 2 aromatic carbocycles. The van der Waals surface area contributed by atoms with E-state index >= 15 is 0 Å². The van der Waals surface area contributed by atoms with E-state index in [4.69, 9.17) is 5.11 Å². The molecule has 6 heteroatoms. The molecule has 0 spiro atoms. The topological polar surface area (TPSA) is 66.4 Å². The molecule has 0 saturated carbocycles. The Balaban J connectivity index is 2.16. The Morgan fingerprint density at radius 2 is 1.45 bits per heavy atom. The Hall–Kier alpha value is -2.76. The monoisotopic (exact) mass is 277 g/mol. The van der Waals surface area contributed by atoms with Gasteiger partial charge in [-0.25, -0.2) is 13.6 Å². The summed E-state index contributed by atoms with van der Waals surface area (Å²) in [6, 6.07) is 7.87. The summed E-state index contributed by atoms with van der Waals surface area (Å²) in [5.41, 5.74) is 0.231. The van der Waals surface area contributed by atoms with Crippen LogP contribution in [0.5, 0.6) is 0 Å². The van der Waals surface area contributed by atoms with Crippen LogP contribution in [0, 0.1) is 11.6 Å². The summed E-state index contributed by atoms with van der Waals surface area (Å²) in [6.45, 7) is 0. The highest BCUT2D eigenvalue weighted by Crippen LogP contribution is 2.13. The summed E-state index contributed by atoms with van der Waals surface area (Å²) in [5, 5.41) is 11.1. The van der Waals surface area contributed by atoms with E-state index in [1.165, 1.54) is 24.3 Å². The Morgan fingerprint density at radius 3 is 1.95 bits per heavy atom. The third-order valence-electron chi connectivity index (χ3n) is 2.51. The lowest BCUT2D eigenvalue weighted by molar-refractivity contribution is 0.0696. The van der Waals surface area contributed by atoms with Crippen LogP contribution in [0.25, 0.3) is 0 Å². The number of rotatable bonds is 3. The van der Waals surface area contributed by atoms with Crippen LogP contribution >= 0.6 is 0 Å². The molecule has 4 nitrogen and oxygen atoms in total. The number of carboxylic acid groups (broad SMARTS) is 1. The normalized spacial score (nSPS) is 10.1. The fraction of sp³-hybridized carbons (Fsp3) is 0. The average molecular weight is 277 g/mol. The Morgan fingerprint density at radius 1 is 0.900 bits per heavy atom. The number of amides is 1. The Bertz CT molecular complexity index is 648. The second-order valence-electron chi connectivity index (χ2n) is 3.99. The number of hydrogen-bond acceptors (Lipinski definition) is 2. The summed E-state index contributed by atoms with van der Waals surface area (Å²) < 4.78 is 26.0. The number of benzene rings is 2. The highest BCUT2D eigenvalue weighted by Gasteiger charge is 2.10. The van der Waals surface area contributed by atoms with Crippen molar-refractivity contribution in [2.45, 2.75) is 0 Å². The zero-order valence-electron chi connectivity index (χ0n) is 10.1. The number of hydrogen-bond donors (Lipinski definition) is 2. The molecule has 0 fully saturated rings. The molecule has 102 valence electrons. The SMILES string of the molecule is O=C(O)c1ccc(NC(=O)c2cc(F)cc(F)c2)cc1. The van der Waals surface area contributed by atoms with Crippen LogP contribution in [-0.4, -0.2) is 17.0 Å². The first-order chi connectivity index (χ1) is 9.45. The molecule has 1 amide bonds. The predicted molar refractivity (Wildman–Crippen MR) is 67.7 cm³/mol. The number of carbonyl (C=O) groups excluding carboxylic acids is 1. The standard InChI is InChI=1S/C14H9F2NO3/c15-10-5-9(6-11(16)7-10)13(18)17-12-3-1-8(2-4-12)14(19)20/h1-7H,(H,17,18)(H,19,20). The van der Waals surface area contributed by atoms with Crippen molar-refractivity contribution >= 4 is 17.6 Å². The van der Waals surface area contributed by atoms with Crippen LogP contribution in [-0.2, 0) is 0 Å². The Labute approximate surface area is 112 Å². The van der Waals surface area contributed by atoms with Crippen LogP contribution < -0.4 is 5.32 Å². The summed E-state index contributed by atoms with van der Waals surface area (Å²) in [7, 11) is 0. The van der Waals surface area contributed by atoms with Crippen LogP contribution in [0.15, 0.2) is 42.5 Å². The minimum atomic E-state index is -1.09. The first-order valence-corrected chi connectivity index (χ1v) is 5.56. The molecular formula is C14H9F2NO3. The van der Waals surface area contributed by atoms with Crippen LogP contribution in [0.2, 0.25) is 0 Å². The number of carbonyl (C=O) groups is 2. The van der Waals surface area contributed by atoms with E-state index in [-0.39, 0.29) is 11.1 Å². The molecule has 2 rings (SSSR count). The quantitative estimate of drug-likeness (QED) is 0.906. The largest absolute Gasteiger partial charge is 0.478 e. The van der Waals surface area contributed by atoms with Crippen LogP contribution in [0.4, 0.5) is 14.5 Å². The highest BCUT2D eigenvalue weighted by atomic mass is 19.1. The molecule has 2 aromatic rings. The molecule has 0 bridgehead atoms. The number of anilines is 1.